The van der Waals surface area contributed by atoms with Gasteiger partial charge < -0.3 is 10.2 Å². The Bertz CT molecular complexity index is 723. The molecule has 118 valence electrons. The summed E-state index contributed by atoms with van der Waals surface area (Å²) in [5.41, 5.74) is 0. The van der Waals surface area contributed by atoms with Gasteiger partial charge in [0.15, 0.2) is 0 Å². The van der Waals surface area contributed by atoms with Crippen molar-refractivity contribution in [2.24, 2.45) is 0 Å². The summed E-state index contributed by atoms with van der Waals surface area (Å²) in [6.45, 7) is 1.48. The lowest BCUT2D eigenvalue weighted by molar-refractivity contribution is 0.0712. The molecule has 2 aromatic rings. The molecule has 1 amide bonds. The first-order valence-electron chi connectivity index (χ1n) is 7.05. The number of carbonyl (C=O) groups excluding carboxylic acids is 1. The third-order valence-electron chi connectivity index (χ3n) is 4.03. The highest BCUT2D eigenvalue weighted by Crippen LogP contribution is 2.41. The molecule has 1 aliphatic rings. The Balaban J connectivity index is 1.92. The lowest BCUT2D eigenvalue weighted by Crippen LogP contribution is -2.43. The summed E-state index contributed by atoms with van der Waals surface area (Å²) in [6, 6.07) is 3.93. The number of amides is 1. The molecule has 2 heterocycles. The maximum absolute atomic E-state index is 12.7. The molecular formula is C15H15Cl3N2OS. The van der Waals surface area contributed by atoms with Crippen LogP contribution in [0.3, 0.4) is 0 Å². The minimum absolute atomic E-state index is 0.0204. The first-order chi connectivity index (χ1) is 10.5. The number of nitrogens with one attached hydrogen (secondary N) is 1. The van der Waals surface area contributed by atoms with E-state index in [1.54, 1.807) is 12.1 Å². The van der Waals surface area contributed by atoms with E-state index in [0.29, 0.717) is 31.4 Å². The lowest BCUT2D eigenvalue weighted by Gasteiger charge is -2.31. The standard InChI is InChI=1S/C15H15Cl3N2OS/c1-19-9-2-4-20(5-3-9)15(21)14-13(18)12-10(17)6-8(16)7-11(12)22-14/h6-7,9,19H,2-5H2,1H3. The third kappa shape index (κ3) is 2.95. The van der Waals surface area contributed by atoms with Crippen molar-refractivity contribution in [3.63, 3.8) is 0 Å². The molecule has 1 aromatic heterocycles. The van der Waals surface area contributed by atoms with E-state index < -0.39 is 0 Å². The maximum atomic E-state index is 12.7. The van der Waals surface area contributed by atoms with Crippen LogP contribution in [0.15, 0.2) is 12.1 Å². The van der Waals surface area contributed by atoms with Crippen LogP contribution in [0, 0.1) is 0 Å². The zero-order chi connectivity index (χ0) is 15.9. The van der Waals surface area contributed by atoms with E-state index in [1.165, 1.54) is 11.3 Å². The van der Waals surface area contributed by atoms with Crippen LogP contribution in [-0.4, -0.2) is 37.0 Å². The van der Waals surface area contributed by atoms with Crippen LogP contribution in [0.5, 0.6) is 0 Å². The van der Waals surface area contributed by atoms with Gasteiger partial charge in [-0.1, -0.05) is 34.8 Å². The van der Waals surface area contributed by atoms with E-state index in [0.717, 1.165) is 30.6 Å². The van der Waals surface area contributed by atoms with Gasteiger partial charge in [0.05, 0.1) is 10.0 Å². The van der Waals surface area contributed by atoms with Crippen LogP contribution in [-0.2, 0) is 0 Å². The van der Waals surface area contributed by atoms with Crippen molar-refractivity contribution < 1.29 is 4.79 Å². The van der Waals surface area contributed by atoms with Gasteiger partial charge in [-0.25, -0.2) is 0 Å². The molecule has 0 atom stereocenters. The molecule has 1 N–H and O–H groups in total. The fourth-order valence-electron chi connectivity index (χ4n) is 2.76. The average molecular weight is 378 g/mol. The number of fused-ring (bicyclic) bond motifs is 1. The number of rotatable bonds is 2. The number of likely N-dealkylation sites (tertiary alicyclic amines) is 1. The summed E-state index contributed by atoms with van der Waals surface area (Å²) in [7, 11) is 1.96. The number of nitrogens with zero attached hydrogens (tertiary/aromatic N) is 1. The van der Waals surface area contributed by atoms with Crippen molar-refractivity contribution in [2.45, 2.75) is 18.9 Å². The molecule has 1 aliphatic heterocycles. The molecule has 0 saturated carbocycles. The third-order valence-corrected chi connectivity index (χ3v) is 6.17. The van der Waals surface area contributed by atoms with Crippen LogP contribution in [0.25, 0.3) is 10.1 Å². The van der Waals surface area contributed by atoms with Crippen molar-refractivity contribution in [3.05, 3.63) is 32.1 Å². The van der Waals surface area contributed by atoms with Gasteiger partial charge in [0.25, 0.3) is 5.91 Å². The van der Waals surface area contributed by atoms with Crippen LogP contribution < -0.4 is 5.32 Å². The van der Waals surface area contributed by atoms with Gasteiger partial charge in [0, 0.05) is 34.2 Å². The molecular weight excluding hydrogens is 363 g/mol. The predicted octanol–water partition coefficient (Wildman–Crippen LogP) is 4.69. The quantitative estimate of drug-likeness (QED) is 0.823. The maximum Gasteiger partial charge on any atom is 0.265 e. The van der Waals surface area contributed by atoms with Crippen molar-refractivity contribution in [1.29, 1.82) is 0 Å². The molecule has 22 heavy (non-hydrogen) atoms. The first kappa shape index (κ1) is 16.3. The first-order valence-corrected chi connectivity index (χ1v) is 9.00. The summed E-state index contributed by atoms with van der Waals surface area (Å²) in [5.74, 6) is -0.0204. The van der Waals surface area contributed by atoms with Gasteiger partial charge >= 0.3 is 0 Å². The van der Waals surface area contributed by atoms with Gasteiger partial charge in [0.1, 0.15) is 4.88 Å². The Labute approximate surface area is 148 Å². The van der Waals surface area contributed by atoms with E-state index in [4.69, 9.17) is 34.8 Å². The highest BCUT2D eigenvalue weighted by molar-refractivity contribution is 7.21. The zero-order valence-electron chi connectivity index (χ0n) is 12.0. The van der Waals surface area contributed by atoms with Gasteiger partial charge in [-0.05, 0) is 32.0 Å². The van der Waals surface area contributed by atoms with Crippen molar-refractivity contribution in [3.8, 4) is 0 Å². The van der Waals surface area contributed by atoms with Crippen molar-refractivity contribution in [1.82, 2.24) is 10.2 Å². The zero-order valence-corrected chi connectivity index (χ0v) is 15.0. The molecule has 0 aliphatic carbocycles. The monoisotopic (exact) mass is 376 g/mol. The van der Waals surface area contributed by atoms with Crippen molar-refractivity contribution >= 4 is 62.1 Å². The SMILES string of the molecule is CNC1CCN(C(=O)c2sc3cc(Cl)cc(Cl)c3c2Cl)CC1. The Morgan fingerprint density at radius 2 is 1.95 bits per heavy atom. The Morgan fingerprint density at radius 3 is 2.59 bits per heavy atom. The minimum Gasteiger partial charge on any atom is -0.338 e. The van der Waals surface area contributed by atoms with Gasteiger partial charge in [0.2, 0.25) is 0 Å². The second kappa shape index (κ2) is 6.54. The van der Waals surface area contributed by atoms with E-state index in [1.807, 2.05) is 11.9 Å². The topological polar surface area (TPSA) is 32.3 Å². The number of carbonyl (C=O) groups is 1. The molecule has 0 spiro atoms. The number of thiophene rings is 1. The number of hydrogen-bond donors (Lipinski definition) is 1. The Morgan fingerprint density at radius 1 is 1.27 bits per heavy atom. The fraction of sp³-hybridized carbons (Fsp3) is 0.400. The Hall–Kier alpha value is -0.520. The molecule has 3 nitrogen and oxygen atoms in total. The summed E-state index contributed by atoms with van der Waals surface area (Å²) >= 11 is 20.0. The summed E-state index contributed by atoms with van der Waals surface area (Å²) in [6.07, 6.45) is 1.91. The number of hydrogen-bond acceptors (Lipinski definition) is 3. The number of benzene rings is 1. The molecule has 1 fully saturated rings. The predicted molar refractivity (Wildman–Crippen MR) is 94.8 cm³/mol. The largest absolute Gasteiger partial charge is 0.338 e. The van der Waals surface area contributed by atoms with Gasteiger partial charge in [-0.2, -0.15) is 0 Å². The average Bonchev–Trinajstić information content (AvgIpc) is 2.83. The second-order valence-corrected chi connectivity index (χ2v) is 7.63. The lowest BCUT2D eigenvalue weighted by atomic mass is 10.1. The van der Waals surface area contributed by atoms with E-state index in [-0.39, 0.29) is 5.91 Å². The van der Waals surface area contributed by atoms with E-state index in [2.05, 4.69) is 5.32 Å². The summed E-state index contributed by atoms with van der Waals surface area (Å²) in [4.78, 5) is 15.1. The van der Waals surface area contributed by atoms with Gasteiger partial charge in [-0.15, -0.1) is 11.3 Å². The van der Waals surface area contributed by atoms with E-state index in [9.17, 15) is 4.79 Å². The summed E-state index contributed by atoms with van der Waals surface area (Å²) in [5, 5.41) is 5.43. The van der Waals surface area contributed by atoms with E-state index >= 15 is 0 Å². The summed E-state index contributed by atoms with van der Waals surface area (Å²) < 4.78 is 0.843. The van der Waals surface area contributed by atoms with Crippen LogP contribution in [0.1, 0.15) is 22.5 Å². The fourth-order valence-corrected chi connectivity index (χ4v) is 5.11. The van der Waals surface area contributed by atoms with Gasteiger partial charge in [-0.3, -0.25) is 4.79 Å². The molecule has 3 rings (SSSR count). The van der Waals surface area contributed by atoms with Crippen molar-refractivity contribution in [2.75, 3.05) is 20.1 Å². The molecule has 7 heteroatoms. The minimum atomic E-state index is -0.0204. The number of halogens is 3. The Kier molecular flexibility index (Phi) is 4.86. The molecule has 0 unspecified atom stereocenters. The molecule has 0 bridgehead atoms. The van der Waals surface area contributed by atoms with Crippen LogP contribution in [0.4, 0.5) is 0 Å². The number of piperidine rings is 1. The molecule has 1 saturated heterocycles. The normalized spacial score (nSPS) is 16.5. The van der Waals surface area contributed by atoms with Crippen LogP contribution >= 0.6 is 46.1 Å². The second-order valence-electron chi connectivity index (χ2n) is 5.36. The molecule has 1 aromatic carbocycles. The highest BCUT2D eigenvalue weighted by atomic mass is 35.5. The molecule has 0 radical (unpaired) electrons. The highest BCUT2D eigenvalue weighted by Gasteiger charge is 2.27. The smallest absolute Gasteiger partial charge is 0.265 e. The van der Waals surface area contributed by atoms with Crippen LogP contribution in [0.2, 0.25) is 15.1 Å².